The lowest BCUT2D eigenvalue weighted by molar-refractivity contribution is 0.234. The van der Waals surface area contributed by atoms with Crippen molar-refractivity contribution in [3.63, 3.8) is 0 Å². The molecule has 1 aromatic carbocycles. The number of hydrogen-bond donors (Lipinski definition) is 1. The average molecular weight is 256 g/mol. The summed E-state index contributed by atoms with van der Waals surface area (Å²) in [5, 5.41) is 1.05. The van der Waals surface area contributed by atoms with Crippen LogP contribution in [-0.2, 0) is 0 Å². The molecular formula is C15H20N4. The fourth-order valence-electron chi connectivity index (χ4n) is 2.71. The van der Waals surface area contributed by atoms with Gasteiger partial charge in [0.25, 0.3) is 0 Å². The van der Waals surface area contributed by atoms with E-state index in [-0.39, 0.29) is 0 Å². The minimum Gasteiger partial charge on any atom is -0.396 e. The quantitative estimate of drug-likeness (QED) is 0.792. The van der Waals surface area contributed by atoms with Crippen molar-refractivity contribution in [2.45, 2.75) is 13.0 Å². The van der Waals surface area contributed by atoms with E-state index < -0.39 is 0 Å². The standard InChI is InChI=1S/C15H20N4/c1-11-10-19(9-8-18(11)2)14-6-5-13-12(15(14)16)4-3-7-17-13/h3-7,11H,8-10,16H2,1-2H3. The first-order valence-corrected chi connectivity index (χ1v) is 6.75. The van der Waals surface area contributed by atoms with Crippen molar-refractivity contribution in [3.8, 4) is 0 Å². The molecule has 1 unspecified atom stereocenters. The molecule has 0 saturated carbocycles. The molecule has 0 aliphatic carbocycles. The van der Waals surface area contributed by atoms with Crippen LogP contribution in [0, 0.1) is 0 Å². The second-order valence-corrected chi connectivity index (χ2v) is 5.34. The first-order chi connectivity index (χ1) is 9.16. The van der Waals surface area contributed by atoms with Crippen LogP contribution in [0.25, 0.3) is 10.9 Å². The second-order valence-electron chi connectivity index (χ2n) is 5.34. The number of fused-ring (bicyclic) bond motifs is 1. The van der Waals surface area contributed by atoms with Crippen LogP contribution in [0.3, 0.4) is 0 Å². The van der Waals surface area contributed by atoms with Gasteiger partial charge >= 0.3 is 0 Å². The number of rotatable bonds is 1. The van der Waals surface area contributed by atoms with Gasteiger partial charge < -0.3 is 15.5 Å². The molecule has 0 amide bonds. The fourth-order valence-corrected chi connectivity index (χ4v) is 2.71. The van der Waals surface area contributed by atoms with Gasteiger partial charge in [-0.25, -0.2) is 0 Å². The van der Waals surface area contributed by atoms with Crippen molar-refractivity contribution >= 4 is 22.3 Å². The van der Waals surface area contributed by atoms with Gasteiger partial charge in [-0.3, -0.25) is 4.98 Å². The zero-order valence-corrected chi connectivity index (χ0v) is 11.5. The van der Waals surface area contributed by atoms with E-state index in [4.69, 9.17) is 5.73 Å². The van der Waals surface area contributed by atoms with Crippen LogP contribution in [-0.4, -0.2) is 42.6 Å². The zero-order valence-electron chi connectivity index (χ0n) is 11.5. The summed E-state index contributed by atoms with van der Waals surface area (Å²) < 4.78 is 0. The van der Waals surface area contributed by atoms with Gasteiger partial charge in [-0.1, -0.05) is 0 Å². The number of nitrogen functional groups attached to an aromatic ring is 1. The molecule has 4 heteroatoms. The van der Waals surface area contributed by atoms with Crippen LogP contribution in [0.15, 0.2) is 30.5 Å². The lowest BCUT2D eigenvalue weighted by Crippen LogP contribution is -2.50. The number of benzene rings is 1. The zero-order chi connectivity index (χ0) is 13.4. The number of aromatic nitrogens is 1. The largest absolute Gasteiger partial charge is 0.396 e. The molecule has 1 aliphatic rings. The van der Waals surface area contributed by atoms with Gasteiger partial charge in [0.05, 0.1) is 16.9 Å². The van der Waals surface area contributed by atoms with E-state index in [2.05, 4.69) is 40.9 Å². The molecule has 0 spiro atoms. The molecule has 2 heterocycles. The minimum absolute atomic E-state index is 0.553. The van der Waals surface area contributed by atoms with Crippen molar-refractivity contribution < 1.29 is 0 Å². The van der Waals surface area contributed by atoms with Crippen molar-refractivity contribution in [2.24, 2.45) is 0 Å². The van der Waals surface area contributed by atoms with E-state index in [1.807, 2.05) is 12.1 Å². The smallest absolute Gasteiger partial charge is 0.0724 e. The molecule has 1 fully saturated rings. The van der Waals surface area contributed by atoms with E-state index in [0.717, 1.165) is 41.9 Å². The number of hydrogen-bond acceptors (Lipinski definition) is 4. The summed E-state index contributed by atoms with van der Waals surface area (Å²) in [5.74, 6) is 0. The Bertz CT molecular complexity index is 596. The van der Waals surface area contributed by atoms with E-state index in [0.29, 0.717) is 6.04 Å². The number of anilines is 2. The third-order valence-corrected chi connectivity index (χ3v) is 4.10. The van der Waals surface area contributed by atoms with Crippen LogP contribution in [0.2, 0.25) is 0 Å². The number of nitrogens with zero attached hydrogens (tertiary/aromatic N) is 3. The maximum absolute atomic E-state index is 6.33. The minimum atomic E-state index is 0.553. The highest BCUT2D eigenvalue weighted by Crippen LogP contribution is 2.31. The van der Waals surface area contributed by atoms with Gasteiger partial charge in [0, 0.05) is 37.3 Å². The molecule has 1 atom stereocenters. The van der Waals surface area contributed by atoms with E-state index in [1.165, 1.54) is 0 Å². The molecule has 0 radical (unpaired) electrons. The lowest BCUT2D eigenvalue weighted by atomic mass is 10.1. The Morgan fingerprint density at radius 3 is 2.89 bits per heavy atom. The molecular weight excluding hydrogens is 236 g/mol. The third kappa shape index (κ3) is 2.12. The molecule has 4 nitrogen and oxygen atoms in total. The highest BCUT2D eigenvalue weighted by molar-refractivity contribution is 5.97. The average Bonchev–Trinajstić information content (AvgIpc) is 2.43. The van der Waals surface area contributed by atoms with Crippen molar-refractivity contribution in [1.82, 2.24) is 9.88 Å². The predicted molar refractivity (Wildman–Crippen MR) is 80.5 cm³/mol. The lowest BCUT2D eigenvalue weighted by Gasteiger charge is -2.39. The molecule has 1 aliphatic heterocycles. The van der Waals surface area contributed by atoms with E-state index in [1.54, 1.807) is 6.20 Å². The number of pyridine rings is 1. The maximum Gasteiger partial charge on any atom is 0.0724 e. The molecule has 2 N–H and O–H groups in total. The van der Waals surface area contributed by atoms with E-state index >= 15 is 0 Å². The monoisotopic (exact) mass is 256 g/mol. The Labute approximate surface area is 113 Å². The Morgan fingerprint density at radius 1 is 1.26 bits per heavy atom. The molecule has 2 aromatic rings. The first-order valence-electron chi connectivity index (χ1n) is 6.75. The topological polar surface area (TPSA) is 45.4 Å². The van der Waals surface area contributed by atoms with Gasteiger partial charge in [0.1, 0.15) is 0 Å². The van der Waals surface area contributed by atoms with Gasteiger partial charge in [0.15, 0.2) is 0 Å². The summed E-state index contributed by atoms with van der Waals surface area (Å²) in [4.78, 5) is 9.11. The summed E-state index contributed by atoms with van der Waals surface area (Å²) in [6.45, 7) is 5.37. The normalized spacial score (nSPS) is 20.9. The van der Waals surface area contributed by atoms with Crippen molar-refractivity contribution in [1.29, 1.82) is 0 Å². The summed E-state index contributed by atoms with van der Waals surface area (Å²) in [6.07, 6.45) is 1.80. The van der Waals surface area contributed by atoms with Crippen LogP contribution >= 0.6 is 0 Å². The molecule has 3 rings (SSSR count). The molecule has 1 aromatic heterocycles. The van der Waals surface area contributed by atoms with E-state index in [9.17, 15) is 0 Å². The first kappa shape index (κ1) is 12.2. The summed E-state index contributed by atoms with van der Waals surface area (Å²) in [5.41, 5.74) is 9.29. The van der Waals surface area contributed by atoms with Gasteiger partial charge in [0.2, 0.25) is 0 Å². The number of likely N-dealkylation sites (N-methyl/N-ethyl adjacent to an activating group) is 1. The molecule has 100 valence electrons. The highest BCUT2D eigenvalue weighted by atomic mass is 15.3. The number of nitrogens with two attached hydrogens (primary N) is 1. The molecule has 19 heavy (non-hydrogen) atoms. The van der Waals surface area contributed by atoms with Crippen molar-refractivity contribution in [3.05, 3.63) is 30.5 Å². The summed E-state index contributed by atoms with van der Waals surface area (Å²) in [6, 6.07) is 8.69. The number of piperazine rings is 1. The van der Waals surface area contributed by atoms with Gasteiger partial charge in [-0.2, -0.15) is 0 Å². The third-order valence-electron chi connectivity index (χ3n) is 4.10. The summed E-state index contributed by atoms with van der Waals surface area (Å²) in [7, 11) is 2.18. The van der Waals surface area contributed by atoms with Crippen LogP contribution in [0.1, 0.15) is 6.92 Å². The van der Waals surface area contributed by atoms with Crippen LogP contribution in [0.5, 0.6) is 0 Å². The fraction of sp³-hybridized carbons (Fsp3) is 0.400. The maximum atomic E-state index is 6.33. The summed E-state index contributed by atoms with van der Waals surface area (Å²) >= 11 is 0. The Balaban J connectivity index is 1.99. The Hall–Kier alpha value is -1.81. The van der Waals surface area contributed by atoms with Crippen LogP contribution < -0.4 is 10.6 Å². The molecule has 1 saturated heterocycles. The van der Waals surface area contributed by atoms with Gasteiger partial charge in [-0.05, 0) is 38.2 Å². The van der Waals surface area contributed by atoms with Gasteiger partial charge in [-0.15, -0.1) is 0 Å². The second kappa shape index (κ2) is 4.70. The highest BCUT2D eigenvalue weighted by Gasteiger charge is 2.22. The Morgan fingerprint density at radius 2 is 2.11 bits per heavy atom. The van der Waals surface area contributed by atoms with Crippen LogP contribution in [0.4, 0.5) is 11.4 Å². The van der Waals surface area contributed by atoms with Crippen molar-refractivity contribution in [2.75, 3.05) is 37.3 Å². The Kier molecular flexibility index (Phi) is 3.03. The molecule has 0 bridgehead atoms. The SMILES string of the molecule is CC1CN(c2ccc3ncccc3c2N)CCN1C. The predicted octanol–water partition coefficient (Wildman–Crippen LogP) is 1.96.